The maximum Gasteiger partial charge on any atom is 0.218 e. The maximum atomic E-state index is 5.56. The van der Waals surface area contributed by atoms with E-state index in [9.17, 15) is 0 Å². The Morgan fingerprint density at radius 2 is 2.08 bits per heavy atom. The SMILES string of the molecule is CCCCCCc1nc(N)n(C)n1. The number of nitrogens with two attached hydrogens (primary N) is 1. The number of hydrogen-bond acceptors (Lipinski definition) is 3. The maximum absolute atomic E-state index is 5.56. The summed E-state index contributed by atoms with van der Waals surface area (Å²) >= 11 is 0. The normalized spacial score (nSPS) is 10.6. The predicted octanol–water partition coefficient (Wildman–Crippen LogP) is 1.52. The lowest BCUT2D eigenvalue weighted by atomic mass is 10.1. The highest BCUT2D eigenvalue weighted by Crippen LogP contribution is 2.05. The Kier molecular flexibility index (Phi) is 3.73. The third-order valence-corrected chi connectivity index (χ3v) is 2.09. The van der Waals surface area contributed by atoms with Crippen molar-refractivity contribution in [3.63, 3.8) is 0 Å². The zero-order valence-electron chi connectivity index (χ0n) is 8.45. The molecule has 0 saturated heterocycles. The van der Waals surface area contributed by atoms with E-state index in [4.69, 9.17) is 5.73 Å². The summed E-state index contributed by atoms with van der Waals surface area (Å²) in [6.07, 6.45) is 5.93. The minimum atomic E-state index is 0.505. The molecule has 1 aromatic rings. The minimum Gasteiger partial charge on any atom is -0.368 e. The number of rotatable bonds is 5. The fraction of sp³-hybridized carbons (Fsp3) is 0.778. The first-order valence-electron chi connectivity index (χ1n) is 4.89. The summed E-state index contributed by atoms with van der Waals surface area (Å²) < 4.78 is 1.62. The van der Waals surface area contributed by atoms with Crippen LogP contribution in [0.2, 0.25) is 0 Å². The van der Waals surface area contributed by atoms with Gasteiger partial charge in [0.1, 0.15) is 0 Å². The van der Waals surface area contributed by atoms with Gasteiger partial charge in [-0.3, -0.25) is 0 Å². The molecule has 4 nitrogen and oxygen atoms in total. The van der Waals surface area contributed by atoms with Crippen molar-refractivity contribution in [2.24, 2.45) is 7.05 Å². The molecule has 0 radical (unpaired) electrons. The van der Waals surface area contributed by atoms with Crippen LogP contribution in [0.1, 0.15) is 38.4 Å². The number of nitrogen functional groups attached to an aromatic ring is 1. The van der Waals surface area contributed by atoms with Crippen LogP contribution in [0, 0.1) is 0 Å². The number of nitrogens with zero attached hydrogens (tertiary/aromatic N) is 3. The van der Waals surface area contributed by atoms with Crippen LogP contribution in [-0.2, 0) is 13.5 Å². The van der Waals surface area contributed by atoms with Gasteiger partial charge in [0.05, 0.1) is 0 Å². The zero-order chi connectivity index (χ0) is 9.68. The number of aryl methyl sites for hydroxylation is 2. The summed E-state index contributed by atoms with van der Waals surface area (Å²) in [6.45, 7) is 2.21. The average Bonchev–Trinajstić information content (AvgIpc) is 2.41. The molecule has 1 rings (SSSR count). The van der Waals surface area contributed by atoms with Crippen molar-refractivity contribution in [3.8, 4) is 0 Å². The molecule has 0 aliphatic rings. The van der Waals surface area contributed by atoms with E-state index in [0.717, 1.165) is 18.7 Å². The second-order valence-corrected chi connectivity index (χ2v) is 3.32. The molecule has 0 amide bonds. The first-order chi connectivity index (χ1) is 6.24. The van der Waals surface area contributed by atoms with Gasteiger partial charge >= 0.3 is 0 Å². The molecule has 0 aliphatic heterocycles. The van der Waals surface area contributed by atoms with Gasteiger partial charge in [-0.25, -0.2) is 4.68 Å². The van der Waals surface area contributed by atoms with Crippen molar-refractivity contribution < 1.29 is 0 Å². The van der Waals surface area contributed by atoms with Gasteiger partial charge in [-0.05, 0) is 6.42 Å². The molecule has 0 saturated carbocycles. The van der Waals surface area contributed by atoms with Crippen molar-refractivity contribution in [2.45, 2.75) is 39.0 Å². The standard InChI is InChI=1S/C9H18N4/c1-3-4-5-6-7-8-11-9(10)13(2)12-8/h3-7H2,1-2H3,(H2,10,11,12). The molecule has 1 aromatic heterocycles. The van der Waals surface area contributed by atoms with E-state index in [0.29, 0.717) is 5.95 Å². The molecule has 74 valence electrons. The van der Waals surface area contributed by atoms with Crippen LogP contribution in [0.4, 0.5) is 5.95 Å². The van der Waals surface area contributed by atoms with Crippen LogP contribution >= 0.6 is 0 Å². The number of anilines is 1. The van der Waals surface area contributed by atoms with Crippen LogP contribution in [0.3, 0.4) is 0 Å². The van der Waals surface area contributed by atoms with Crippen molar-refractivity contribution in [3.05, 3.63) is 5.82 Å². The Hall–Kier alpha value is -1.06. The molecule has 0 bridgehead atoms. The fourth-order valence-corrected chi connectivity index (χ4v) is 1.27. The topological polar surface area (TPSA) is 56.7 Å². The van der Waals surface area contributed by atoms with Crippen molar-refractivity contribution in [2.75, 3.05) is 5.73 Å². The lowest BCUT2D eigenvalue weighted by molar-refractivity contribution is 0.645. The molecular weight excluding hydrogens is 164 g/mol. The monoisotopic (exact) mass is 182 g/mol. The molecular formula is C9H18N4. The molecule has 2 N–H and O–H groups in total. The lowest BCUT2D eigenvalue weighted by Gasteiger charge is -1.94. The summed E-state index contributed by atoms with van der Waals surface area (Å²) in [4.78, 5) is 4.14. The number of aromatic nitrogens is 3. The molecule has 0 aliphatic carbocycles. The number of hydrogen-bond donors (Lipinski definition) is 1. The van der Waals surface area contributed by atoms with E-state index in [1.807, 2.05) is 7.05 Å². The smallest absolute Gasteiger partial charge is 0.218 e. The Morgan fingerprint density at radius 1 is 1.31 bits per heavy atom. The van der Waals surface area contributed by atoms with Crippen LogP contribution in [0.15, 0.2) is 0 Å². The van der Waals surface area contributed by atoms with E-state index in [-0.39, 0.29) is 0 Å². The molecule has 0 aromatic carbocycles. The first kappa shape index (κ1) is 10.0. The lowest BCUT2D eigenvalue weighted by Crippen LogP contribution is -1.97. The Balaban J connectivity index is 2.29. The Labute approximate surface area is 79.2 Å². The molecule has 0 spiro atoms. The molecule has 0 fully saturated rings. The summed E-state index contributed by atoms with van der Waals surface area (Å²) in [6, 6.07) is 0. The fourth-order valence-electron chi connectivity index (χ4n) is 1.27. The van der Waals surface area contributed by atoms with Gasteiger partial charge in [0.2, 0.25) is 5.95 Å². The third-order valence-electron chi connectivity index (χ3n) is 2.09. The van der Waals surface area contributed by atoms with Crippen LogP contribution < -0.4 is 5.73 Å². The van der Waals surface area contributed by atoms with Gasteiger partial charge in [-0.1, -0.05) is 26.2 Å². The van der Waals surface area contributed by atoms with Crippen LogP contribution in [-0.4, -0.2) is 14.8 Å². The van der Waals surface area contributed by atoms with E-state index in [1.54, 1.807) is 4.68 Å². The van der Waals surface area contributed by atoms with E-state index in [1.165, 1.54) is 19.3 Å². The van der Waals surface area contributed by atoms with Crippen molar-refractivity contribution in [1.82, 2.24) is 14.8 Å². The first-order valence-corrected chi connectivity index (χ1v) is 4.89. The summed E-state index contributed by atoms with van der Waals surface area (Å²) in [5.74, 6) is 1.38. The quantitative estimate of drug-likeness (QED) is 0.702. The van der Waals surface area contributed by atoms with Crippen molar-refractivity contribution >= 4 is 5.95 Å². The second kappa shape index (κ2) is 4.84. The van der Waals surface area contributed by atoms with Crippen LogP contribution in [0.5, 0.6) is 0 Å². The van der Waals surface area contributed by atoms with Gasteiger partial charge in [-0.15, -0.1) is 0 Å². The highest BCUT2D eigenvalue weighted by atomic mass is 15.4. The molecule has 0 atom stereocenters. The predicted molar refractivity (Wildman–Crippen MR) is 53.3 cm³/mol. The van der Waals surface area contributed by atoms with Gasteiger partial charge in [0.15, 0.2) is 5.82 Å². The zero-order valence-corrected chi connectivity index (χ0v) is 8.45. The largest absolute Gasteiger partial charge is 0.368 e. The van der Waals surface area contributed by atoms with Gasteiger partial charge < -0.3 is 5.73 Å². The van der Waals surface area contributed by atoms with Crippen LogP contribution in [0.25, 0.3) is 0 Å². The minimum absolute atomic E-state index is 0.505. The molecule has 0 unspecified atom stereocenters. The highest BCUT2D eigenvalue weighted by molar-refractivity contribution is 5.15. The van der Waals surface area contributed by atoms with E-state index in [2.05, 4.69) is 17.0 Å². The Bertz CT molecular complexity index is 235. The molecule has 4 heteroatoms. The van der Waals surface area contributed by atoms with Crippen molar-refractivity contribution in [1.29, 1.82) is 0 Å². The highest BCUT2D eigenvalue weighted by Gasteiger charge is 2.02. The van der Waals surface area contributed by atoms with Gasteiger partial charge in [0, 0.05) is 13.5 Å². The average molecular weight is 182 g/mol. The second-order valence-electron chi connectivity index (χ2n) is 3.32. The summed E-state index contributed by atoms with van der Waals surface area (Å²) in [5, 5.41) is 4.19. The molecule has 13 heavy (non-hydrogen) atoms. The summed E-state index contributed by atoms with van der Waals surface area (Å²) in [7, 11) is 1.82. The third kappa shape index (κ3) is 3.05. The molecule has 1 heterocycles. The van der Waals surface area contributed by atoms with E-state index >= 15 is 0 Å². The number of unbranched alkanes of at least 4 members (excludes halogenated alkanes) is 3. The van der Waals surface area contributed by atoms with E-state index < -0.39 is 0 Å². The summed E-state index contributed by atoms with van der Waals surface area (Å²) in [5.41, 5.74) is 5.56. The van der Waals surface area contributed by atoms with Gasteiger partial charge in [0.25, 0.3) is 0 Å². The van der Waals surface area contributed by atoms with Gasteiger partial charge in [-0.2, -0.15) is 10.1 Å². The Morgan fingerprint density at radius 3 is 2.62 bits per heavy atom.